The molecule has 0 radical (unpaired) electrons. The Kier molecular flexibility index (Phi) is 4.70. The van der Waals surface area contributed by atoms with Crippen LogP contribution in [-0.4, -0.2) is 16.1 Å². The van der Waals surface area contributed by atoms with Crippen molar-refractivity contribution >= 4 is 11.6 Å². The van der Waals surface area contributed by atoms with Gasteiger partial charge in [0.2, 0.25) is 17.7 Å². The van der Waals surface area contributed by atoms with Gasteiger partial charge in [-0.15, -0.1) is 10.2 Å². The van der Waals surface area contributed by atoms with Gasteiger partial charge in [0.1, 0.15) is 0 Å². The summed E-state index contributed by atoms with van der Waals surface area (Å²) in [6.45, 7) is 4.00. The van der Waals surface area contributed by atoms with Gasteiger partial charge in [0.15, 0.2) is 0 Å². The van der Waals surface area contributed by atoms with E-state index >= 15 is 0 Å². The van der Waals surface area contributed by atoms with Crippen molar-refractivity contribution in [2.24, 2.45) is 0 Å². The van der Waals surface area contributed by atoms with Crippen molar-refractivity contribution in [2.75, 3.05) is 5.32 Å². The van der Waals surface area contributed by atoms with Crippen LogP contribution >= 0.6 is 0 Å². The van der Waals surface area contributed by atoms with Gasteiger partial charge in [0.05, 0.1) is 0 Å². The Bertz CT molecular complexity index is 838. The van der Waals surface area contributed by atoms with Crippen molar-refractivity contribution in [2.45, 2.75) is 26.7 Å². The maximum Gasteiger partial charge on any atom is 0.247 e. The topological polar surface area (TPSA) is 68.0 Å². The molecule has 1 N–H and O–H groups in total. The number of carbonyl (C=O) groups is 1. The number of benzene rings is 2. The molecule has 0 aliphatic rings. The van der Waals surface area contributed by atoms with E-state index in [0.717, 1.165) is 22.4 Å². The maximum absolute atomic E-state index is 12.0. The molecule has 1 aromatic heterocycles. The van der Waals surface area contributed by atoms with Crippen molar-refractivity contribution in [1.29, 1.82) is 0 Å². The lowest BCUT2D eigenvalue weighted by molar-refractivity contribution is -0.116. The molecule has 1 amide bonds. The van der Waals surface area contributed by atoms with E-state index in [0.29, 0.717) is 24.6 Å². The van der Waals surface area contributed by atoms with Crippen molar-refractivity contribution < 1.29 is 9.21 Å². The van der Waals surface area contributed by atoms with Gasteiger partial charge < -0.3 is 9.73 Å². The summed E-state index contributed by atoms with van der Waals surface area (Å²) in [6.07, 6.45) is 0.708. The molecule has 0 saturated carbocycles. The van der Waals surface area contributed by atoms with Crippen LogP contribution in [-0.2, 0) is 11.2 Å². The molecule has 1 heterocycles. The summed E-state index contributed by atoms with van der Waals surface area (Å²) in [6, 6.07) is 15.5. The molecule has 24 heavy (non-hydrogen) atoms. The van der Waals surface area contributed by atoms with Crippen LogP contribution < -0.4 is 5.32 Å². The Morgan fingerprint density at radius 3 is 2.54 bits per heavy atom. The minimum atomic E-state index is -0.0745. The van der Waals surface area contributed by atoms with E-state index in [1.165, 1.54) is 0 Å². The number of carbonyl (C=O) groups excluding carboxylic acids is 1. The number of aryl methyl sites for hydroxylation is 3. The second-order valence-electron chi connectivity index (χ2n) is 5.73. The van der Waals surface area contributed by atoms with Crippen LogP contribution in [0.15, 0.2) is 52.9 Å². The van der Waals surface area contributed by atoms with E-state index in [1.807, 2.05) is 62.4 Å². The number of aromatic nitrogens is 2. The molecule has 0 aliphatic heterocycles. The molecule has 122 valence electrons. The SMILES string of the molecule is Cc1ccc(NC(=O)CCc2nnc(-c3ccccc3C)o2)cc1. The lowest BCUT2D eigenvalue weighted by Gasteiger charge is -2.04. The second-order valence-corrected chi connectivity index (χ2v) is 5.73. The first-order valence-electron chi connectivity index (χ1n) is 7.87. The van der Waals surface area contributed by atoms with Crippen LogP contribution in [0.5, 0.6) is 0 Å². The zero-order valence-corrected chi connectivity index (χ0v) is 13.7. The number of anilines is 1. The summed E-state index contributed by atoms with van der Waals surface area (Å²) in [5.41, 5.74) is 3.93. The van der Waals surface area contributed by atoms with Crippen molar-refractivity contribution in [3.05, 3.63) is 65.5 Å². The summed E-state index contributed by atoms with van der Waals surface area (Å²) >= 11 is 0. The molecule has 2 aromatic carbocycles. The first-order valence-corrected chi connectivity index (χ1v) is 7.87. The molecule has 0 aliphatic carbocycles. The Hall–Kier alpha value is -2.95. The summed E-state index contributed by atoms with van der Waals surface area (Å²) in [7, 11) is 0. The van der Waals surface area contributed by atoms with Crippen LogP contribution in [0.1, 0.15) is 23.4 Å². The highest BCUT2D eigenvalue weighted by molar-refractivity contribution is 5.90. The van der Waals surface area contributed by atoms with Crippen LogP contribution in [0.4, 0.5) is 5.69 Å². The fourth-order valence-corrected chi connectivity index (χ4v) is 2.36. The quantitative estimate of drug-likeness (QED) is 0.773. The largest absolute Gasteiger partial charge is 0.421 e. The van der Waals surface area contributed by atoms with Gasteiger partial charge in [0.25, 0.3) is 0 Å². The Morgan fingerprint density at radius 2 is 1.79 bits per heavy atom. The summed E-state index contributed by atoms with van der Waals surface area (Å²) < 4.78 is 5.66. The highest BCUT2D eigenvalue weighted by Gasteiger charge is 2.12. The third kappa shape index (κ3) is 3.87. The molecule has 3 rings (SSSR count). The highest BCUT2D eigenvalue weighted by Crippen LogP contribution is 2.21. The number of nitrogens with zero attached hydrogens (tertiary/aromatic N) is 2. The van der Waals surface area contributed by atoms with Crippen molar-refractivity contribution in [1.82, 2.24) is 10.2 Å². The summed E-state index contributed by atoms with van der Waals surface area (Å²) in [5.74, 6) is 0.879. The Morgan fingerprint density at radius 1 is 1.04 bits per heavy atom. The van der Waals surface area contributed by atoms with Crippen molar-refractivity contribution in [3.63, 3.8) is 0 Å². The number of rotatable bonds is 5. The fourth-order valence-electron chi connectivity index (χ4n) is 2.36. The van der Waals surface area contributed by atoms with Crippen LogP contribution in [0, 0.1) is 13.8 Å². The monoisotopic (exact) mass is 321 g/mol. The standard InChI is InChI=1S/C19H19N3O2/c1-13-7-9-15(10-8-13)20-17(23)11-12-18-21-22-19(24-18)16-6-4-3-5-14(16)2/h3-10H,11-12H2,1-2H3,(H,20,23). The molecule has 0 fully saturated rings. The van der Waals surface area contributed by atoms with Gasteiger partial charge in [-0.25, -0.2) is 0 Å². The predicted molar refractivity (Wildman–Crippen MR) is 92.6 cm³/mol. The Labute approximate surface area is 140 Å². The maximum atomic E-state index is 12.0. The number of hydrogen-bond acceptors (Lipinski definition) is 4. The predicted octanol–water partition coefficient (Wildman–Crippen LogP) is 3.92. The van der Waals surface area contributed by atoms with Gasteiger partial charge in [-0.05, 0) is 37.6 Å². The average Bonchev–Trinajstić information content (AvgIpc) is 3.04. The molecule has 5 nitrogen and oxygen atoms in total. The van der Waals surface area contributed by atoms with E-state index in [4.69, 9.17) is 4.42 Å². The molecule has 0 saturated heterocycles. The number of nitrogens with one attached hydrogen (secondary N) is 1. The minimum Gasteiger partial charge on any atom is -0.421 e. The van der Waals surface area contributed by atoms with E-state index in [-0.39, 0.29) is 5.91 Å². The Balaban J connectivity index is 1.58. The van der Waals surface area contributed by atoms with E-state index < -0.39 is 0 Å². The minimum absolute atomic E-state index is 0.0745. The summed E-state index contributed by atoms with van der Waals surface area (Å²) in [5, 5.41) is 11.0. The molecule has 0 unspecified atom stereocenters. The molecule has 3 aromatic rings. The molecule has 0 atom stereocenters. The summed E-state index contributed by atoms with van der Waals surface area (Å²) in [4.78, 5) is 12.0. The molecular weight excluding hydrogens is 302 g/mol. The van der Waals surface area contributed by atoms with Gasteiger partial charge in [-0.1, -0.05) is 35.9 Å². The van der Waals surface area contributed by atoms with E-state index in [2.05, 4.69) is 15.5 Å². The first kappa shape index (κ1) is 15.9. The fraction of sp³-hybridized carbons (Fsp3) is 0.211. The van der Waals surface area contributed by atoms with Gasteiger partial charge in [-0.3, -0.25) is 4.79 Å². The van der Waals surface area contributed by atoms with Crippen LogP contribution in [0.25, 0.3) is 11.5 Å². The first-order chi connectivity index (χ1) is 11.6. The zero-order valence-electron chi connectivity index (χ0n) is 13.7. The van der Waals surface area contributed by atoms with E-state index in [1.54, 1.807) is 0 Å². The molecular formula is C19H19N3O2. The number of amides is 1. The van der Waals surface area contributed by atoms with Gasteiger partial charge in [-0.2, -0.15) is 0 Å². The lowest BCUT2D eigenvalue weighted by atomic mass is 10.1. The highest BCUT2D eigenvalue weighted by atomic mass is 16.4. The van der Waals surface area contributed by atoms with Crippen molar-refractivity contribution in [3.8, 4) is 11.5 Å². The van der Waals surface area contributed by atoms with Gasteiger partial charge >= 0.3 is 0 Å². The van der Waals surface area contributed by atoms with Gasteiger partial charge in [0, 0.05) is 24.1 Å². The zero-order chi connectivity index (χ0) is 16.9. The molecule has 0 bridgehead atoms. The third-order valence-corrected chi connectivity index (χ3v) is 3.74. The smallest absolute Gasteiger partial charge is 0.247 e. The normalized spacial score (nSPS) is 10.6. The van der Waals surface area contributed by atoms with Crippen LogP contribution in [0.2, 0.25) is 0 Å². The molecule has 0 spiro atoms. The third-order valence-electron chi connectivity index (χ3n) is 3.74. The second kappa shape index (κ2) is 7.08. The lowest BCUT2D eigenvalue weighted by Crippen LogP contribution is -2.12. The number of hydrogen-bond donors (Lipinski definition) is 1. The molecule has 5 heteroatoms. The van der Waals surface area contributed by atoms with Crippen LogP contribution in [0.3, 0.4) is 0 Å². The van der Waals surface area contributed by atoms with E-state index in [9.17, 15) is 4.79 Å². The average molecular weight is 321 g/mol.